The summed E-state index contributed by atoms with van der Waals surface area (Å²) in [7, 11) is 1.68. The third kappa shape index (κ3) is 2.70. The molecule has 1 aliphatic carbocycles. The average Bonchev–Trinajstić information content (AvgIpc) is 3.10. The van der Waals surface area contributed by atoms with E-state index in [9.17, 15) is 10.1 Å². The fourth-order valence-electron chi connectivity index (χ4n) is 3.95. The zero-order chi connectivity index (χ0) is 17.6. The number of fused-ring (bicyclic) bond motifs is 3. The van der Waals surface area contributed by atoms with E-state index < -0.39 is 0 Å². The van der Waals surface area contributed by atoms with Crippen LogP contribution in [0.4, 0.5) is 11.4 Å². The first-order valence-electron chi connectivity index (χ1n) is 8.13. The number of benzene rings is 2. The highest BCUT2D eigenvalue weighted by molar-refractivity contribution is 9.10. The van der Waals surface area contributed by atoms with E-state index in [1.54, 1.807) is 19.2 Å². The first-order chi connectivity index (χ1) is 12.1. The van der Waals surface area contributed by atoms with Crippen molar-refractivity contribution in [3.8, 4) is 5.75 Å². The molecule has 0 spiro atoms. The van der Waals surface area contributed by atoms with Crippen molar-refractivity contribution in [2.45, 2.75) is 18.4 Å². The molecule has 25 heavy (non-hydrogen) atoms. The lowest BCUT2D eigenvalue weighted by molar-refractivity contribution is -0.384. The molecule has 4 rings (SSSR count). The van der Waals surface area contributed by atoms with Gasteiger partial charge in [0.2, 0.25) is 0 Å². The van der Waals surface area contributed by atoms with E-state index in [-0.39, 0.29) is 22.6 Å². The molecule has 0 aromatic heterocycles. The lowest BCUT2D eigenvalue weighted by Crippen LogP contribution is -2.29. The van der Waals surface area contributed by atoms with Crippen LogP contribution < -0.4 is 10.1 Å². The van der Waals surface area contributed by atoms with Gasteiger partial charge in [-0.1, -0.05) is 28.1 Å². The summed E-state index contributed by atoms with van der Waals surface area (Å²) in [6.45, 7) is 0. The van der Waals surface area contributed by atoms with E-state index in [0.717, 1.165) is 33.5 Å². The molecule has 3 atom stereocenters. The second-order valence-electron chi connectivity index (χ2n) is 6.39. The van der Waals surface area contributed by atoms with Gasteiger partial charge in [-0.05, 0) is 42.2 Å². The maximum Gasteiger partial charge on any atom is 0.269 e. The number of methoxy groups -OCH3 is 1. The summed E-state index contributed by atoms with van der Waals surface area (Å²) < 4.78 is 6.57. The quantitative estimate of drug-likeness (QED) is 0.437. The summed E-state index contributed by atoms with van der Waals surface area (Å²) in [5.74, 6) is 1.32. The number of rotatable bonds is 3. The molecular weight excluding hydrogens is 384 g/mol. The van der Waals surface area contributed by atoms with Gasteiger partial charge in [-0.2, -0.15) is 0 Å². The van der Waals surface area contributed by atoms with E-state index in [1.165, 1.54) is 0 Å². The number of allylic oxidation sites excluding steroid dienone is 2. The van der Waals surface area contributed by atoms with Crippen molar-refractivity contribution >= 4 is 27.3 Å². The topological polar surface area (TPSA) is 64.4 Å². The Bertz CT molecular complexity index is 881. The summed E-state index contributed by atoms with van der Waals surface area (Å²) in [5.41, 5.74) is 3.18. The summed E-state index contributed by atoms with van der Waals surface area (Å²) >= 11 is 3.55. The molecular formula is C19H17BrN2O3. The van der Waals surface area contributed by atoms with Crippen LogP contribution in [0.25, 0.3) is 0 Å². The number of non-ortho nitro benzene ring substituents is 1. The SMILES string of the molecule is COc1ccc(Br)cc1[C@@H]1Nc2ccc([N+](=O)[O-])cc2[C@@H]2C=CC[C@H]21. The zero-order valence-electron chi connectivity index (χ0n) is 13.6. The second-order valence-corrected chi connectivity index (χ2v) is 7.31. The smallest absolute Gasteiger partial charge is 0.269 e. The molecule has 128 valence electrons. The van der Waals surface area contributed by atoms with Gasteiger partial charge >= 0.3 is 0 Å². The fourth-order valence-corrected chi connectivity index (χ4v) is 4.33. The number of halogens is 1. The average molecular weight is 401 g/mol. The predicted molar refractivity (Wildman–Crippen MR) is 100 cm³/mol. The summed E-state index contributed by atoms with van der Waals surface area (Å²) in [6, 6.07) is 11.2. The standard InChI is InChI=1S/C19H17BrN2O3/c1-25-18-8-5-11(20)9-16(18)19-14-4-2-3-13(14)15-10-12(22(23)24)6-7-17(15)21-19/h2-3,5-10,13-14,19,21H,4H2,1H3/t13-,14-,19-/m1/s1. The van der Waals surface area contributed by atoms with Gasteiger partial charge in [0.25, 0.3) is 5.69 Å². The normalized spacial score (nSPS) is 23.5. The van der Waals surface area contributed by atoms with Crippen LogP contribution >= 0.6 is 15.9 Å². The highest BCUT2D eigenvalue weighted by atomic mass is 79.9. The highest BCUT2D eigenvalue weighted by Gasteiger charge is 2.39. The Balaban J connectivity index is 1.81. The first-order valence-corrected chi connectivity index (χ1v) is 8.93. The molecule has 1 aliphatic heterocycles. The number of ether oxygens (including phenoxy) is 1. The minimum atomic E-state index is -0.336. The van der Waals surface area contributed by atoms with Crippen molar-refractivity contribution in [2.24, 2.45) is 5.92 Å². The van der Waals surface area contributed by atoms with E-state index in [1.807, 2.05) is 18.2 Å². The Morgan fingerprint density at radius 1 is 1.24 bits per heavy atom. The lowest BCUT2D eigenvalue weighted by atomic mass is 9.76. The minimum Gasteiger partial charge on any atom is -0.496 e. The Labute approximate surface area is 154 Å². The van der Waals surface area contributed by atoms with Gasteiger partial charge in [0.15, 0.2) is 0 Å². The molecule has 6 heteroatoms. The molecule has 0 bridgehead atoms. The summed E-state index contributed by atoms with van der Waals surface area (Å²) in [6.07, 6.45) is 5.27. The third-order valence-electron chi connectivity index (χ3n) is 5.08. The van der Waals surface area contributed by atoms with Crippen molar-refractivity contribution in [3.63, 3.8) is 0 Å². The number of hydrogen-bond acceptors (Lipinski definition) is 4. The molecule has 0 amide bonds. The molecule has 1 N–H and O–H groups in total. The van der Waals surface area contributed by atoms with Gasteiger partial charge in [-0.15, -0.1) is 0 Å². The van der Waals surface area contributed by atoms with E-state index in [2.05, 4.69) is 39.5 Å². The number of nitro benzene ring substituents is 1. The van der Waals surface area contributed by atoms with Crippen LogP contribution in [0, 0.1) is 16.0 Å². The molecule has 2 aliphatic rings. The second kappa shape index (κ2) is 6.19. The van der Waals surface area contributed by atoms with Crippen LogP contribution in [0.1, 0.15) is 29.5 Å². The zero-order valence-corrected chi connectivity index (χ0v) is 15.2. The summed E-state index contributed by atoms with van der Waals surface area (Å²) in [5, 5.41) is 14.7. The monoisotopic (exact) mass is 400 g/mol. The van der Waals surface area contributed by atoms with Crippen molar-refractivity contribution in [1.29, 1.82) is 0 Å². The molecule has 2 aromatic rings. The van der Waals surface area contributed by atoms with Crippen LogP contribution in [-0.2, 0) is 0 Å². The Kier molecular flexibility index (Phi) is 4.00. The fraction of sp³-hybridized carbons (Fsp3) is 0.263. The van der Waals surface area contributed by atoms with Crippen molar-refractivity contribution in [1.82, 2.24) is 0 Å². The predicted octanol–water partition coefficient (Wildman–Crippen LogP) is 5.19. The molecule has 5 nitrogen and oxygen atoms in total. The maximum atomic E-state index is 11.1. The Morgan fingerprint density at radius 3 is 2.84 bits per heavy atom. The van der Waals surface area contributed by atoms with Gasteiger partial charge in [0.1, 0.15) is 5.75 Å². The molecule has 0 radical (unpaired) electrons. The highest BCUT2D eigenvalue weighted by Crippen LogP contribution is 2.51. The molecule has 0 saturated heterocycles. The lowest BCUT2D eigenvalue weighted by Gasteiger charge is -2.37. The minimum absolute atomic E-state index is 0.0846. The van der Waals surface area contributed by atoms with Gasteiger partial charge in [0.05, 0.1) is 18.1 Å². The van der Waals surface area contributed by atoms with Crippen molar-refractivity contribution in [3.05, 3.63) is 74.3 Å². The van der Waals surface area contributed by atoms with Gasteiger partial charge in [-0.25, -0.2) is 0 Å². The number of nitrogens with zero attached hydrogens (tertiary/aromatic N) is 1. The van der Waals surface area contributed by atoms with Crippen LogP contribution in [-0.4, -0.2) is 12.0 Å². The number of nitro groups is 1. The van der Waals surface area contributed by atoms with E-state index >= 15 is 0 Å². The molecule has 0 saturated carbocycles. The first kappa shape index (κ1) is 16.1. The Morgan fingerprint density at radius 2 is 2.08 bits per heavy atom. The largest absolute Gasteiger partial charge is 0.496 e. The van der Waals surface area contributed by atoms with Gasteiger partial charge in [-0.3, -0.25) is 10.1 Å². The molecule has 2 aromatic carbocycles. The van der Waals surface area contributed by atoms with Crippen molar-refractivity contribution in [2.75, 3.05) is 12.4 Å². The number of hydrogen-bond donors (Lipinski definition) is 1. The third-order valence-corrected chi connectivity index (χ3v) is 5.58. The van der Waals surface area contributed by atoms with Crippen LogP contribution in [0.15, 0.2) is 53.0 Å². The Hall–Kier alpha value is -2.34. The van der Waals surface area contributed by atoms with Crippen LogP contribution in [0.2, 0.25) is 0 Å². The molecule has 0 unspecified atom stereocenters. The summed E-state index contributed by atoms with van der Waals surface area (Å²) in [4.78, 5) is 10.8. The van der Waals surface area contributed by atoms with Gasteiger partial charge < -0.3 is 10.1 Å². The van der Waals surface area contributed by atoms with E-state index in [4.69, 9.17) is 4.74 Å². The number of nitrogens with one attached hydrogen (secondary N) is 1. The molecule has 0 fully saturated rings. The van der Waals surface area contributed by atoms with Gasteiger partial charge in [0, 0.05) is 33.8 Å². The van der Waals surface area contributed by atoms with E-state index in [0.29, 0.717) is 5.92 Å². The maximum absolute atomic E-state index is 11.1. The van der Waals surface area contributed by atoms with Crippen LogP contribution in [0.5, 0.6) is 5.75 Å². The van der Waals surface area contributed by atoms with Crippen LogP contribution in [0.3, 0.4) is 0 Å². The molecule has 1 heterocycles. The van der Waals surface area contributed by atoms with Crippen molar-refractivity contribution < 1.29 is 9.66 Å². The number of anilines is 1.